The van der Waals surface area contributed by atoms with E-state index in [9.17, 15) is 9.90 Å². The van der Waals surface area contributed by atoms with Crippen LogP contribution in [0.4, 0.5) is 0 Å². The van der Waals surface area contributed by atoms with Gasteiger partial charge < -0.3 is 10.4 Å². The van der Waals surface area contributed by atoms with Gasteiger partial charge in [0.2, 0.25) is 0 Å². The number of hydrogen-bond donors (Lipinski definition) is 2. The van der Waals surface area contributed by atoms with Gasteiger partial charge in [0.15, 0.2) is 0 Å². The van der Waals surface area contributed by atoms with Crippen molar-refractivity contribution in [3.8, 4) is 0 Å². The van der Waals surface area contributed by atoms with Crippen LogP contribution in [0.3, 0.4) is 0 Å². The number of hydrogen-bond acceptors (Lipinski definition) is 3. The minimum atomic E-state index is -0.431. The molecule has 1 amide bonds. The third kappa shape index (κ3) is 3.53. The Morgan fingerprint density at radius 3 is 2.83 bits per heavy atom. The van der Waals surface area contributed by atoms with E-state index < -0.39 is 6.10 Å². The summed E-state index contributed by atoms with van der Waals surface area (Å²) in [5.74, 6) is -0.166. The van der Waals surface area contributed by atoms with Crippen LogP contribution in [0, 0.1) is 0 Å². The van der Waals surface area contributed by atoms with Crippen molar-refractivity contribution in [2.24, 2.45) is 0 Å². The standard InChI is InChI=1S/C13H17BrN2O2/c14-12-7-6-9(8-15-12)13(18)16-10-4-2-1-3-5-11(10)17/h6-8,10-11,17H,1-5H2,(H,16,18). The summed E-state index contributed by atoms with van der Waals surface area (Å²) in [6.07, 6.45) is 5.93. The Labute approximate surface area is 115 Å². The van der Waals surface area contributed by atoms with Gasteiger partial charge in [-0.15, -0.1) is 0 Å². The summed E-state index contributed by atoms with van der Waals surface area (Å²) in [6.45, 7) is 0. The van der Waals surface area contributed by atoms with E-state index in [-0.39, 0.29) is 11.9 Å². The highest BCUT2D eigenvalue weighted by Crippen LogP contribution is 2.18. The Morgan fingerprint density at radius 1 is 1.33 bits per heavy atom. The van der Waals surface area contributed by atoms with Crippen molar-refractivity contribution >= 4 is 21.8 Å². The SMILES string of the molecule is O=C(NC1CCCCCC1O)c1ccc(Br)nc1. The first kappa shape index (κ1) is 13.5. The summed E-state index contributed by atoms with van der Waals surface area (Å²) < 4.78 is 0.702. The topological polar surface area (TPSA) is 62.2 Å². The Bertz CT molecular complexity index is 408. The number of aliphatic hydroxyl groups excluding tert-OH is 1. The molecule has 1 fully saturated rings. The molecule has 2 rings (SSSR count). The fourth-order valence-electron chi connectivity index (χ4n) is 2.22. The molecule has 0 aliphatic heterocycles. The van der Waals surface area contributed by atoms with Crippen molar-refractivity contribution in [2.75, 3.05) is 0 Å². The lowest BCUT2D eigenvalue weighted by atomic mass is 10.1. The van der Waals surface area contributed by atoms with Crippen molar-refractivity contribution in [1.82, 2.24) is 10.3 Å². The lowest BCUT2D eigenvalue weighted by Crippen LogP contribution is -2.42. The van der Waals surface area contributed by atoms with Crippen LogP contribution < -0.4 is 5.32 Å². The van der Waals surface area contributed by atoms with E-state index in [1.54, 1.807) is 12.1 Å². The fourth-order valence-corrected chi connectivity index (χ4v) is 2.45. The van der Waals surface area contributed by atoms with E-state index in [4.69, 9.17) is 0 Å². The number of rotatable bonds is 2. The van der Waals surface area contributed by atoms with Crippen LogP contribution in [0.15, 0.2) is 22.9 Å². The molecular weight excluding hydrogens is 296 g/mol. The van der Waals surface area contributed by atoms with Gasteiger partial charge >= 0.3 is 0 Å². The number of nitrogens with zero attached hydrogens (tertiary/aromatic N) is 1. The van der Waals surface area contributed by atoms with Gasteiger partial charge in [-0.1, -0.05) is 19.3 Å². The Kier molecular flexibility index (Phi) is 4.72. The summed E-state index contributed by atoms with van der Waals surface area (Å²) >= 11 is 3.23. The maximum absolute atomic E-state index is 12.0. The predicted molar refractivity (Wildman–Crippen MR) is 72.3 cm³/mol. The van der Waals surface area contributed by atoms with Gasteiger partial charge in [-0.25, -0.2) is 4.98 Å². The highest BCUT2D eigenvalue weighted by Gasteiger charge is 2.23. The highest BCUT2D eigenvalue weighted by molar-refractivity contribution is 9.10. The first-order valence-corrected chi connectivity index (χ1v) is 7.06. The van der Waals surface area contributed by atoms with Crippen molar-refractivity contribution in [1.29, 1.82) is 0 Å². The minimum absolute atomic E-state index is 0.136. The minimum Gasteiger partial charge on any atom is -0.391 e. The normalized spacial score (nSPS) is 24.3. The van der Waals surface area contributed by atoms with Crippen LogP contribution in [0.1, 0.15) is 42.5 Å². The van der Waals surface area contributed by atoms with Crippen molar-refractivity contribution < 1.29 is 9.90 Å². The second-order valence-electron chi connectivity index (χ2n) is 4.65. The molecule has 1 aliphatic carbocycles. The van der Waals surface area contributed by atoms with E-state index in [2.05, 4.69) is 26.2 Å². The summed E-state index contributed by atoms with van der Waals surface area (Å²) in [7, 11) is 0. The third-order valence-corrected chi connectivity index (χ3v) is 3.75. The summed E-state index contributed by atoms with van der Waals surface area (Å²) in [4.78, 5) is 16.0. The molecule has 1 aliphatic rings. The second-order valence-corrected chi connectivity index (χ2v) is 5.47. The summed E-state index contributed by atoms with van der Waals surface area (Å²) in [5, 5.41) is 12.9. The first-order valence-electron chi connectivity index (χ1n) is 6.27. The van der Waals surface area contributed by atoms with Gasteiger partial charge in [-0.2, -0.15) is 0 Å². The summed E-state index contributed by atoms with van der Waals surface area (Å²) in [6, 6.07) is 3.32. The maximum Gasteiger partial charge on any atom is 0.253 e. The van der Waals surface area contributed by atoms with Gasteiger partial charge in [0.25, 0.3) is 5.91 Å². The number of amides is 1. The Hall–Kier alpha value is -0.940. The van der Waals surface area contributed by atoms with Crippen LogP contribution in [0.5, 0.6) is 0 Å². The molecule has 0 aromatic carbocycles. The molecule has 0 radical (unpaired) electrons. The molecule has 0 bridgehead atoms. The van der Waals surface area contributed by atoms with E-state index in [1.165, 1.54) is 6.20 Å². The number of carbonyl (C=O) groups is 1. The van der Waals surface area contributed by atoms with Crippen LogP contribution in [0.25, 0.3) is 0 Å². The molecule has 1 aromatic heterocycles. The largest absolute Gasteiger partial charge is 0.391 e. The second kappa shape index (κ2) is 6.29. The molecule has 4 nitrogen and oxygen atoms in total. The molecule has 98 valence electrons. The van der Waals surface area contributed by atoms with Crippen molar-refractivity contribution in [3.63, 3.8) is 0 Å². The highest BCUT2D eigenvalue weighted by atomic mass is 79.9. The summed E-state index contributed by atoms with van der Waals surface area (Å²) in [5.41, 5.74) is 0.523. The van der Waals surface area contributed by atoms with E-state index in [0.717, 1.165) is 32.1 Å². The van der Waals surface area contributed by atoms with Crippen molar-refractivity contribution in [3.05, 3.63) is 28.5 Å². The number of aromatic nitrogens is 1. The quantitative estimate of drug-likeness (QED) is 0.650. The average molecular weight is 313 g/mol. The molecule has 2 unspecified atom stereocenters. The molecule has 2 atom stereocenters. The molecule has 18 heavy (non-hydrogen) atoms. The molecular formula is C13H17BrN2O2. The van der Waals surface area contributed by atoms with Crippen LogP contribution in [-0.2, 0) is 0 Å². The van der Waals surface area contributed by atoms with Gasteiger partial charge in [0.1, 0.15) is 4.60 Å². The van der Waals surface area contributed by atoms with Gasteiger partial charge in [-0.05, 0) is 40.9 Å². The van der Waals surface area contributed by atoms with Gasteiger partial charge in [-0.3, -0.25) is 4.79 Å². The fraction of sp³-hybridized carbons (Fsp3) is 0.538. The predicted octanol–water partition coefficient (Wildman–Crippen LogP) is 2.27. The zero-order valence-corrected chi connectivity index (χ0v) is 11.7. The number of aliphatic hydroxyl groups is 1. The van der Waals surface area contributed by atoms with E-state index in [0.29, 0.717) is 10.2 Å². The van der Waals surface area contributed by atoms with Crippen molar-refractivity contribution in [2.45, 2.75) is 44.2 Å². The zero-order valence-electron chi connectivity index (χ0n) is 10.1. The average Bonchev–Trinajstić information content (AvgIpc) is 2.56. The Balaban J connectivity index is 1.99. The molecule has 0 saturated heterocycles. The zero-order chi connectivity index (χ0) is 13.0. The number of nitrogens with one attached hydrogen (secondary N) is 1. The number of pyridine rings is 1. The molecule has 1 aromatic rings. The first-order chi connectivity index (χ1) is 8.66. The Morgan fingerprint density at radius 2 is 2.11 bits per heavy atom. The van der Waals surface area contributed by atoms with Crippen LogP contribution in [-0.4, -0.2) is 28.1 Å². The smallest absolute Gasteiger partial charge is 0.253 e. The molecule has 2 N–H and O–H groups in total. The van der Waals surface area contributed by atoms with Crippen LogP contribution in [0.2, 0.25) is 0 Å². The third-order valence-electron chi connectivity index (χ3n) is 3.29. The molecule has 1 heterocycles. The molecule has 1 saturated carbocycles. The molecule has 5 heteroatoms. The van der Waals surface area contributed by atoms with E-state index in [1.807, 2.05) is 0 Å². The lowest BCUT2D eigenvalue weighted by Gasteiger charge is -2.21. The molecule has 0 spiro atoms. The maximum atomic E-state index is 12.0. The van der Waals surface area contributed by atoms with E-state index >= 15 is 0 Å². The number of halogens is 1. The van der Waals surface area contributed by atoms with Gasteiger partial charge in [0.05, 0.1) is 17.7 Å². The lowest BCUT2D eigenvalue weighted by molar-refractivity contribution is 0.0818. The van der Waals surface area contributed by atoms with Gasteiger partial charge in [0, 0.05) is 6.20 Å². The number of carbonyl (C=O) groups excluding carboxylic acids is 1. The van der Waals surface area contributed by atoms with Crippen LogP contribution >= 0.6 is 15.9 Å². The monoisotopic (exact) mass is 312 g/mol.